The second kappa shape index (κ2) is 15.7. The molecule has 188 valence electrons. The quantitative estimate of drug-likeness (QED) is 0.0619. The van der Waals surface area contributed by atoms with Gasteiger partial charge in [0.25, 0.3) is 0 Å². The van der Waals surface area contributed by atoms with Crippen molar-refractivity contribution in [2.75, 3.05) is 18.6 Å². The number of carbonyl (C=O) groups is 5. The molecular formula is C18H33N7O7S. The van der Waals surface area contributed by atoms with E-state index in [2.05, 4.69) is 20.9 Å². The first-order valence-electron chi connectivity index (χ1n) is 10.0. The second-order valence-electron chi connectivity index (χ2n) is 7.14. The summed E-state index contributed by atoms with van der Waals surface area (Å²) >= 11 is 1.42. The van der Waals surface area contributed by atoms with Crippen LogP contribution in [0.3, 0.4) is 0 Å². The Morgan fingerprint density at radius 1 is 0.909 bits per heavy atom. The van der Waals surface area contributed by atoms with Gasteiger partial charge in [-0.15, -0.1) is 0 Å². The number of guanidine groups is 1. The molecule has 0 heterocycles. The number of carbonyl (C=O) groups excluding carboxylic acids is 3. The van der Waals surface area contributed by atoms with Crippen molar-refractivity contribution in [2.45, 2.75) is 56.8 Å². The number of hydrogen-bond donors (Lipinski definition) is 8. The van der Waals surface area contributed by atoms with Gasteiger partial charge in [0.15, 0.2) is 5.96 Å². The number of rotatable bonds is 16. The van der Waals surface area contributed by atoms with Crippen LogP contribution in [-0.4, -0.2) is 88.6 Å². The number of aliphatic carboxylic acids is 2. The van der Waals surface area contributed by atoms with Crippen molar-refractivity contribution < 1.29 is 34.2 Å². The Hall–Kier alpha value is -3.07. The highest BCUT2D eigenvalue weighted by Gasteiger charge is 2.31. The average molecular weight is 492 g/mol. The standard InChI is InChI=1S/C18H33N7O7S/c1-9(19)14(28)23-10(5-7-33-2)15(29)25-12(8-13(26)27)16(30)24-11(17(31)32)4-3-6-22-18(20)21/h9-12H,3-8,19H2,1-2H3,(H,23,28)(H,24,30)(H,25,29)(H,26,27)(H,31,32)(H4,20,21,22). The predicted molar refractivity (Wildman–Crippen MR) is 122 cm³/mol. The van der Waals surface area contributed by atoms with E-state index in [1.807, 2.05) is 0 Å². The van der Waals surface area contributed by atoms with Crippen molar-refractivity contribution in [3.05, 3.63) is 0 Å². The van der Waals surface area contributed by atoms with Gasteiger partial charge in [0.05, 0.1) is 12.5 Å². The first-order valence-corrected chi connectivity index (χ1v) is 11.4. The molecule has 11 N–H and O–H groups in total. The van der Waals surface area contributed by atoms with Gasteiger partial charge in [-0.25, -0.2) is 4.79 Å². The second-order valence-corrected chi connectivity index (χ2v) is 8.12. The van der Waals surface area contributed by atoms with Gasteiger partial charge < -0.3 is 43.4 Å². The molecule has 0 fully saturated rings. The number of amides is 3. The zero-order valence-electron chi connectivity index (χ0n) is 18.6. The SMILES string of the molecule is CSCCC(NC(=O)C(C)N)C(=O)NC(CC(=O)O)C(=O)NC(CCCN=C(N)N)C(=O)O. The van der Waals surface area contributed by atoms with Crippen molar-refractivity contribution in [1.82, 2.24) is 16.0 Å². The summed E-state index contributed by atoms with van der Waals surface area (Å²) in [6, 6.07) is -4.87. The van der Waals surface area contributed by atoms with Gasteiger partial charge in [-0.2, -0.15) is 11.8 Å². The van der Waals surface area contributed by atoms with Crippen LogP contribution in [0.25, 0.3) is 0 Å². The van der Waals surface area contributed by atoms with Gasteiger partial charge in [0.1, 0.15) is 18.1 Å². The van der Waals surface area contributed by atoms with Crippen LogP contribution in [0.5, 0.6) is 0 Å². The molecule has 15 heteroatoms. The van der Waals surface area contributed by atoms with Crippen LogP contribution in [0.4, 0.5) is 0 Å². The molecule has 0 aromatic rings. The molecule has 0 radical (unpaired) electrons. The molecule has 4 unspecified atom stereocenters. The molecule has 33 heavy (non-hydrogen) atoms. The molecule has 0 saturated heterocycles. The third kappa shape index (κ3) is 13.2. The molecule has 0 aliphatic rings. The molecule has 14 nitrogen and oxygen atoms in total. The van der Waals surface area contributed by atoms with Crippen LogP contribution in [0.1, 0.15) is 32.6 Å². The summed E-state index contributed by atoms with van der Waals surface area (Å²) in [7, 11) is 0. The number of nitrogens with two attached hydrogens (primary N) is 3. The summed E-state index contributed by atoms with van der Waals surface area (Å²) in [5.74, 6) is -4.80. The fourth-order valence-corrected chi connectivity index (χ4v) is 2.97. The van der Waals surface area contributed by atoms with E-state index in [-0.39, 0.29) is 31.8 Å². The van der Waals surface area contributed by atoms with Crippen molar-refractivity contribution in [3.63, 3.8) is 0 Å². The van der Waals surface area contributed by atoms with Gasteiger partial charge in [-0.05, 0) is 38.2 Å². The molecule has 0 saturated carbocycles. The molecule has 0 aromatic heterocycles. The minimum atomic E-state index is -1.57. The van der Waals surface area contributed by atoms with Crippen molar-refractivity contribution in [3.8, 4) is 0 Å². The minimum Gasteiger partial charge on any atom is -0.481 e. The molecule has 3 amide bonds. The monoisotopic (exact) mass is 491 g/mol. The van der Waals surface area contributed by atoms with Crippen LogP contribution < -0.4 is 33.2 Å². The molecular weight excluding hydrogens is 458 g/mol. The Labute approximate surface area is 195 Å². The third-order valence-electron chi connectivity index (χ3n) is 4.23. The van der Waals surface area contributed by atoms with E-state index in [1.165, 1.54) is 18.7 Å². The lowest BCUT2D eigenvalue weighted by Crippen LogP contribution is -2.57. The highest BCUT2D eigenvalue weighted by atomic mass is 32.2. The highest BCUT2D eigenvalue weighted by molar-refractivity contribution is 7.98. The van der Waals surface area contributed by atoms with Crippen molar-refractivity contribution in [1.29, 1.82) is 0 Å². The highest BCUT2D eigenvalue weighted by Crippen LogP contribution is 2.05. The number of nitrogens with one attached hydrogen (secondary N) is 3. The van der Waals surface area contributed by atoms with Gasteiger partial charge in [0.2, 0.25) is 17.7 Å². The zero-order chi connectivity index (χ0) is 25.6. The Bertz CT molecular complexity index is 729. The summed E-state index contributed by atoms with van der Waals surface area (Å²) in [5.41, 5.74) is 15.9. The third-order valence-corrected chi connectivity index (χ3v) is 4.87. The van der Waals surface area contributed by atoms with Gasteiger partial charge in [-0.1, -0.05) is 0 Å². The fraction of sp³-hybridized carbons (Fsp3) is 0.667. The molecule has 0 spiro atoms. The number of carboxylic acid groups (broad SMARTS) is 2. The number of thioether (sulfide) groups is 1. The molecule has 0 bridgehead atoms. The first kappa shape index (κ1) is 29.9. The van der Waals surface area contributed by atoms with E-state index in [9.17, 15) is 29.1 Å². The smallest absolute Gasteiger partial charge is 0.326 e. The molecule has 0 aliphatic heterocycles. The first-order chi connectivity index (χ1) is 15.4. The van der Waals surface area contributed by atoms with Crippen LogP contribution in [-0.2, 0) is 24.0 Å². The minimum absolute atomic E-state index is 0.0353. The van der Waals surface area contributed by atoms with Crippen LogP contribution in [0.15, 0.2) is 4.99 Å². The summed E-state index contributed by atoms with van der Waals surface area (Å²) in [6.07, 6.45) is 1.39. The van der Waals surface area contributed by atoms with Crippen LogP contribution >= 0.6 is 11.8 Å². The van der Waals surface area contributed by atoms with E-state index < -0.39 is 60.2 Å². The zero-order valence-corrected chi connectivity index (χ0v) is 19.4. The van der Waals surface area contributed by atoms with E-state index in [4.69, 9.17) is 22.3 Å². The summed E-state index contributed by atoms with van der Waals surface area (Å²) in [6.45, 7) is 1.56. The molecule has 0 aliphatic carbocycles. The predicted octanol–water partition coefficient (Wildman–Crippen LogP) is -2.85. The van der Waals surface area contributed by atoms with E-state index >= 15 is 0 Å². The normalized spacial score (nSPS) is 14.2. The Balaban J connectivity index is 5.35. The maximum atomic E-state index is 12.7. The Morgan fingerprint density at radius 2 is 1.45 bits per heavy atom. The summed E-state index contributed by atoms with van der Waals surface area (Å²) in [4.78, 5) is 63.6. The van der Waals surface area contributed by atoms with E-state index in [0.29, 0.717) is 5.75 Å². The fourth-order valence-electron chi connectivity index (χ4n) is 2.50. The number of nitrogens with zero attached hydrogens (tertiary/aromatic N) is 1. The van der Waals surface area contributed by atoms with Gasteiger partial charge in [-0.3, -0.25) is 24.2 Å². The lowest BCUT2D eigenvalue weighted by Gasteiger charge is -2.24. The molecule has 4 atom stereocenters. The average Bonchev–Trinajstić information content (AvgIpc) is 2.71. The van der Waals surface area contributed by atoms with Gasteiger partial charge >= 0.3 is 11.9 Å². The lowest BCUT2D eigenvalue weighted by molar-refractivity contribution is -0.143. The molecule has 0 aromatic carbocycles. The van der Waals surface area contributed by atoms with Crippen LogP contribution in [0.2, 0.25) is 0 Å². The number of carboxylic acids is 2. The maximum absolute atomic E-state index is 12.7. The summed E-state index contributed by atoms with van der Waals surface area (Å²) < 4.78 is 0. The largest absolute Gasteiger partial charge is 0.481 e. The van der Waals surface area contributed by atoms with Crippen LogP contribution in [0, 0.1) is 0 Å². The van der Waals surface area contributed by atoms with Gasteiger partial charge in [0, 0.05) is 6.54 Å². The maximum Gasteiger partial charge on any atom is 0.326 e. The Kier molecular flexibility index (Phi) is 14.2. The number of aliphatic imine (C=N–C) groups is 1. The topological polar surface area (TPSA) is 252 Å². The van der Waals surface area contributed by atoms with E-state index in [1.54, 1.807) is 6.26 Å². The molecule has 0 rings (SSSR count). The lowest BCUT2D eigenvalue weighted by atomic mass is 10.1. The number of hydrogen-bond acceptors (Lipinski definition) is 8. The van der Waals surface area contributed by atoms with Crippen molar-refractivity contribution >= 4 is 47.4 Å². The Morgan fingerprint density at radius 3 is 1.94 bits per heavy atom. The van der Waals surface area contributed by atoms with Crippen molar-refractivity contribution in [2.24, 2.45) is 22.2 Å². The van der Waals surface area contributed by atoms with E-state index in [0.717, 1.165) is 0 Å². The summed E-state index contributed by atoms with van der Waals surface area (Å²) in [5, 5.41) is 25.4.